The lowest BCUT2D eigenvalue weighted by Crippen LogP contribution is -2.52. The number of terminal acetylenes is 1. The van der Waals surface area contributed by atoms with Gasteiger partial charge in [0.15, 0.2) is 0 Å². The van der Waals surface area contributed by atoms with Gasteiger partial charge in [0.1, 0.15) is 6.04 Å². The normalized spacial score (nSPS) is 27.3. The van der Waals surface area contributed by atoms with Crippen molar-refractivity contribution in [3.63, 3.8) is 0 Å². The van der Waals surface area contributed by atoms with E-state index in [-0.39, 0.29) is 30.1 Å². The van der Waals surface area contributed by atoms with E-state index >= 15 is 0 Å². The molecule has 2 atom stereocenters. The van der Waals surface area contributed by atoms with E-state index in [0.29, 0.717) is 19.4 Å². The summed E-state index contributed by atoms with van der Waals surface area (Å²) in [7, 11) is 1.68. The van der Waals surface area contributed by atoms with Crippen LogP contribution < -0.4 is 5.32 Å². The average Bonchev–Trinajstić information content (AvgIpc) is 3.11. The van der Waals surface area contributed by atoms with Crippen molar-refractivity contribution in [3.05, 3.63) is 0 Å². The van der Waals surface area contributed by atoms with Gasteiger partial charge >= 0.3 is 0 Å². The van der Waals surface area contributed by atoms with Gasteiger partial charge in [-0.3, -0.25) is 4.79 Å². The van der Waals surface area contributed by atoms with Gasteiger partial charge in [-0.25, -0.2) is 0 Å². The van der Waals surface area contributed by atoms with Crippen LogP contribution >= 0.6 is 0 Å². The lowest BCUT2D eigenvalue weighted by Gasteiger charge is -2.31. The van der Waals surface area contributed by atoms with E-state index in [0.717, 1.165) is 25.7 Å². The third kappa shape index (κ3) is 3.37. The van der Waals surface area contributed by atoms with Crippen LogP contribution in [0, 0.1) is 23.7 Å². The van der Waals surface area contributed by atoms with Crippen LogP contribution in [-0.2, 0) is 9.53 Å². The van der Waals surface area contributed by atoms with Crippen LogP contribution in [0.3, 0.4) is 0 Å². The second-order valence-electron chi connectivity index (χ2n) is 5.98. The van der Waals surface area contributed by atoms with Gasteiger partial charge in [-0.05, 0) is 25.7 Å². The van der Waals surface area contributed by atoms with Crippen LogP contribution in [0.15, 0.2) is 0 Å². The Morgan fingerprint density at radius 1 is 1.43 bits per heavy atom. The zero-order valence-corrected chi connectivity index (χ0v) is 12.6. The van der Waals surface area contributed by atoms with E-state index < -0.39 is 0 Å². The van der Waals surface area contributed by atoms with Crippen LogP contribution in [0.25, 0.3) is 0 Å². The molecule has 1 saturated carbocycles. The molecule has 0 aromatic rings. The molecule has 2 aliphatic rings. The number of carbonyl (C=O) groups is 1. The molecule has 1 heterocycles. The number of nitrogens with zero attached hydrogens (tertiary/aromatic N) is 2. The molecule has 2 fully saturated rings. The maximum Gasteiger partial charge on any atom is 0.238 e. The van der Waals surface area contributed by atoms with Crippen molar-refractivity contribution >= 4 is 5.91 Å². The number of hydrogen-bond acceptors (Lipinski definition) is 4. The molecule has 1 N–H and O–H groups in total. The van der Waals surface area contributed by atoms with E-state index in [4.69, 9.17) is 16.4 Å². The highest BCUT2D eigenvalue weighted by Gasteiger charge is 2.38. The van der Waals surface area contributed by atoms with E-state index in [9.17, 15) is 4.79 Å². The monoisotopic (exact) mass is 289 g/mol. The largest absolute Gasteiger partial charge is 0.383 e. The first kappa shape index (κ1) is 15.8. The number of ether oxygens (including phenoxy) is 1. The Kier molecular flexibility index (Phi) is 5.22. The highest BCUT2D eigenvalue weighted by atomic mass is 16.5. The molecule has 0 aromatic heterocycles. The van der Waals surface area contributed by atoms with Crippen molar-refractivity contribution in [2.75, 3.05) is 20.3 Å². The van der Waals surface area contributed by atoms with E-state index in [2.05, 4.69) is 17.3 Å². The van der Waals surface area contributed by atoms with Crippen LogP contribution in [-0.4, -0.2) is 48.7 Å². The Balaban J connectivity index is 1.97. The number of likely N-dealkylation sites (tertiary alicyclic amines) is 1. The fourth-order valence-electron chi connectivity index (χ4n) is 3.50. The number of rotatable bonds is 5. The number of amides is 1. The fraction of sp³-hybridized carbons (Fsp3) is 0.750. The molecule has 21 heavy (non-hydrogen) atoms. The maximum absolute atomic E-state index is 12.5. The predicted octanol–water partition coefficient (Wildman–Crippen LogP) is 1.05. The standard InChI is InChI=1S/C16H23N3O2/c1-3-13-6-7-14(10-17)19(13)15(20)11-18-16(12-21-2)8-4-5-9-16/h1,13-14,18H,4-9,11-12H2,2H3. The zero-order chi connectivity index (χ0) is 15.3. The molecule has 1 aliphatic carbocycles. The summed E-state index contributed by atoms with van der Waals surface area (Å²) in [6, 6.07) is 1.55. The topological polar surface area (TPSA) is 65.4 Å². The van der Waals surface area contributed by atoms with Crippen molar-refractivity contribution in [2.45, 2.75) is 56.1 Å². The number of hydrogen-bond donors (Lipinski definition) is 1. The molecule has 1 saturated heterocycles. The average molecular weight is 289 g/mol. The molecule has 1 aliphatic heterocycles. The Hall–Kier alpha value is -1.56. The summed E-state index contributed by atoms with van der Waals surface area (Å²) in [5, 5.41) is 12.5. The quantitative estimate of drug-likeness (QED) is 0.768. The van der Waals surface area contributed by atoms with Crippen LogP contribution in [0.2, 0.25) is 0 Å². The van der Waals surface area contributed by atoms with Gasteiger partial charge in [0.05, 0.1) is 25.3 Å². The first-order valence-corrected chi connectivity index (χ1v) is 7.56. The summed E-state index contributed by atoms with van der Waals surface area (Å²) in [6.07, 6.45) is 11.2. The molecule has 2 rings (SSSR count). The second kappa shape index (κ2) is 6.93. The number of methoxy groups -OCH3 is 1. The van der Waals surface area contributed by atoms with E-state index in [1.165, 1.54) is 0 Å². The van der Waals surface area contributed by atoms with Crippen molar-refractivity contribution in [3.8, 4) is 18.4 Å². The SMILES string of the molecule is C#CC1CCC(C#N)N1C(=O)CNC1(COC)CCCC1. The van der Waals surface area contributed by atoms with Gasteiger partial charge in [-0.2, -0.15) is 5.26 Å². The third-order valence-electron chi connectivity index (χ3n) is 4.61. The summed E-state index contributed by atoms with van der Waals surface area (Å²) in [5.41, 5.74) is -0.0993. The van der Waals surface area contributed by atoms with Crippen molar-refractivity contribution < 1.29 is 9.53 Å². The minimum absolute atomic E-state index is 0.0793. The predicted molar refractivity (Wildman–Crippen MR) is 79.2 cm³/mol. The summed E-state index contributed by atoms with van der Waals surface area (Å²) in [6.45, 7) is 0.834. The fourth-order valence-corrected chi connectivity index (χ4v) is 3.50. The Morgan fingerprint density at radius 3 is 2.67 bits per heavy atom. The third-order valence-corrected chi connectivity index (χ3v) is 4.61. The lowest BCUT2D eigenvalue weighted by molar-refractivity contribution is -0.131. The molecular weight excluding hydrogens is 266 g/mol. The second-order valence-corrected chi connectivity index (χ2v) is 5.98. The van der Waals surface area contributed by atoms with Crippen LogP contribution in [0.4, 0.5) is 0 Å². The first-order valence-electron chi connectivity index (χ1n) is 7.56. The van der Waals surface area contributed by atoms with Crippen molar-refractivity contribution in [1.82, 2.24) is 10.2 Å². The maximum atomic E-state index is 12.5. The van der Waals surface area contributed by atoms with E-state index in [1.807, 2.05) is 0 Å². The Labute approximate surface area is 126 Å². The highest BCUT2D eigenvalue weighted by molar-refractivity contribution is 5.80. The van der Waals surface area contributed by atoms with Crippen molar-refractivity contribution in [2.24, 2.45) is 0 Å². The molecule has 5 nitrogen and oxygen atoms in total. The Morgan fingerprint density at radius 2 is 2.10 bits per heavy atom. The minimum atomic E-state index is -0.387. The smallest absolute Gasteiger partial charge is 0.238 e. The summed E-state index contributed by atoms with van der Waals surface area (Å²) in [5.74, 6) is 2.54. The van der Waals surface area contributed by atoms with Crippen LogP contribution in [0.5, 0.6) is 0 Å². The highest BCUT2D eigenvalue weighted by Crippen LogP contribution is 2.30. The van der Waals surface area contributed by atoms with Gasteiger partial charge in [0.2, 0.25) is 5.91 Å². The Bertz CT molecular complexity index is 435. The molecule has 2 unspecified atom stereocenters. The number of carbonyl (C=O) groups excluding carboxylic acids is 1. The lowest BCUT2D eigenvalue weighted by atomic mass is 9.99. The summed E-state index contributed by atoms with van der Waals surface area (Å²) >= 11 is 0. The molecule has 0 aromatic carbocycles. The molecule has 5 heteroatoms. The first-order chi connectivity index (χ1) is 10.2. The molecule has 0 bridgehead atoms. The zero-order valence-electron chi connectivity index (χ0n) is 12.6. The van der Waals surface area contributed by atoms with Gasteiger partial charge in [-0.15, -0.1) is 6.42 Å². The number of nitrogens with one attached hydrogen (secondary N) is 1. The minimum Gasteiger partial charge on any atom is -0.383 e. The summed E-state index contributed by atoms with van der Waals surface area (Å²) in [4.78, 5) is 14.0. The number of nitriles is 1. The van der Waals surface area contributed by atoms with Gasteiger partial charge < -0.3 is 15.0 Å². The molecule has 1 amide bonds. The molecule has 0 radical (unpaired) electrons. The molecular formula is C16H23N3O2. The van der Waals surface area contributed by atoms with Gasteiger partial charge in [-0.1, -0.05) is 18.8 Å². The summed E-state index contributed by atoms with van der Waals surface area (Å²) < 4.78 is 5.30. The van der Waals surface area contributed by atoms with Crippen molar-refractivity contribution in [1.29, 1.82) is 5.26 Å². The van der Waals surface area contributed by atoms with Gasteiger partial charge in [0, 0.05) is 12.6 Å². The van der Waals surface area contributed by atoms with Crippen LogP contribution in [0.1, 0.15) is 38.5 Å². The molecule has 0 spiro atoms. The van der Waals surface area contributed by atoms with Gasteiger partial charge in [0.25, 0.3) is 0 Å². The molecule has 114 valence electrons. The van der Waals surface area contributed by atoms with E-state index in [1.54, 1.807) is 12.0 Å².